The number of hydrogen-bond donors (Lipinski definition) is 0. The van der Waals surface area contributed by atoms with Crippen molar-refractivity contribution in [2.75, 3.05) is 38.3 Å². The molecule has 0 spiro atoms. The molecule has 0 radical (unpaired) electrons. The van der Waals surface area contributed by atoms with Gasteiger partial charge in [-0.25, -0.2) is 13.4 Å². The molecule has 0 bridgehead atoms. The van der Waals surface area contributed by atoms with Gasteiger partial charge < -0.3 is 4.90 Å². The van der Waals surface area contributed by atoms with Gasteiger partial charge in [-0.1, -0.05) is 23.5 Å². The van der Waals surface area contributed by atoms with Gasteiger partial charge in [0, 0.05) is 24.9 Å². The fourth-order valence-corrected chi connectivity index (χ4v) is 4.85. The third-order valence-electron chi connectivity index (χ3n) is 4.77. The summed E-state index contributed by atoms with van der Waals surface area (Å²) >= 11 is 1.33. The normalized spacial score (nSPS) is 11.5. The van der Waals surface area contributed by atoms with Crippen LogP contribution in [0.5, 0.6) is 0 Å². The van der Waals surface area contributed by atoms with Crippen molar-refractivity contribution >= 4 is 54.8 Å². The summed E-state index contributed by atoms with van der Waals surface area (Å²) in [7, 11) is 0.469. The summed E-state index contributed by atoms with van der Waals surface area (Å²) in [6.45, 7) is 5.10. The lowest BCUT2D eigenvalue weighted by atomic mass is 10.1. The first-order chi connectivity index (χ1) is 13.6. The molecular formula is C21H26ClN3O3S2. The van der Waals surface area contributed by atoms with Crippen LogP contribution in [0.2, 0.25) is 0 Å². The number of rotatable bonds is 6. The number of benzene rings is 2. The van der Waals surface area contributed by atoms with Crippen LogP contribution < -0.4 is 4.90 Å². The maximum Gasteiger partial charge on any atom is 0.260 e. The molecule has 3 rings (SSSR count). The standard InChI is InChI=1S/C21H25N3O3S2.ClH/c1-14-9-10-16(13-15(14)2)20(25)24(12-11-23(3)4)21-22-19-17(28-21)7-6-8-18(19)29(5,26)27;/h6-10,13H,11-12H2,1-5H3;1H. The quantitative estimate of drug-likeness (QED) is 0.549. The number of aromatic nitrogens is 1. The smallest absolute Gasteiger partial charge is 0.260 e. The molecule has 1 heterocycles. The minimum atomic E-state index is -3.42. The highest BCUT2D eigenvalue weighted by Crippen LogP contribution is 2.33. The zero-order chi connectivity index (χ0) is 21.3. The first-order valence-electron chi connectivity index (χ1n) is 9.21. The third-order valence-corrected chi connectivity index (χ3v) is 6.94. The molecule has 6 nitrogen and oxygen atoms in total. The molecule has 0 unspecified atom stereocenters. The van der Waals surface area contributed by atoms with E-state index in [1.807, 2.05) is 57.1 Å². The van der Waals surface area contributed by atoms with Gasteiger partial charge in [0.15, 0.2) is 15.0 Å². The highest BCUT2D eigenvalue weighted by atomic mass is 35.5. The Hall–Kier alpha value is -2.00. The van der Waals surface area contributed by atoms with Crippen LogP contribution >= 0.6 is 23.7 Å². The predicted molar refractivity (Wildman–Crippen MR) is 126 cm³/mol. The topological polar surface area (TPSA) is 70.6 Å². The van der Waals surface area contributed by atoms with Crippen molar-refractivity contribution in [3.63, 3.8) is 0 Å². The number of amides is 1. The Morgan fingerprint density at radius 3 is 2.37 bits per heavy atom. The van der Waals surface area contributed by atoms with Gasteiger partial charge >= 0.3 is 0 Å². The summed E-state index contributed by atoms with van der Waals surface area (Å²) in [4.78, 5) is 21.7. The molecule has 0 fully saturated rings. The van der Waals surface area contributed by atoms with Gasteiger partial charge in [-0.15, -0.1) is 12.4 Å². The lowest BCUT2D eigenvalue weighted by molar-refractivity contribution is 0.0985. The molecule has 1 amide bonds. The SMILES string of the molecule is Cc1ccc(C(=O)N(CCN(C)C)c2nc3c(S(C)(=O)=O)cccc3s2)cc1C.Cl. The molecule has 2 aromatic carbocycles. The van der Waals surface area contributed by atoms with Crippen LogP contribution in [0.25, 0.3) is 10.2 Å². The molecule has 0 saturated carbocycles. The second-order valence-corrected chi connectivity index (χ2v) is 10.4. The summed E-state index contributed by atoms with van der Waals surface area (Å²) in [5.74, 6) is -0.144. The predicted octanol–water partition coefficient (Wildman–Crippen LogP) is 3.95. The van der Waals surface area contributed by atoms with E-state index in [0.29, 0.717) is 29.3 Å². The zero-order valence-electron chi connectivity index (χ0n) is 17.7. The molecule has 0 aliphatic carbocycles. The molecule has 30 heavy (non-hydrogen) atoms. The number of carbonyl (C=O) groups is 1. The van der Waals surface area contributed by atoms with Gasteiger partial charge in [0.25, 0.3) is 5.91 Å². The van der Waals surface area contributed by atoms with Crippen LogP contribution in [0.1, 0.15) is 21.5 Å². The highest BCUT2D eigenvalue weighted by Gasteiger charge is 2.23. The van der Waals surface area contributed by atoms with Gasteiger partial charge in [0.05, 0.1) is 9.60 Å². The molecule has 162 valence electrons. The minimum Gasteiger partial charge on any atom is -0.308 e. The Labute approximate surface area is 187 Å². The average molecular weight is 468 g/mol. The number of carbonyl (C=O) groups excluding carboxylic acids is 1. The van der Waals surface area contributed by atoms with Crippen molar-refractivity contribution in [3.05, 3.63) is 53.1 Å². The van der Waals surface area contributed by atoms with Crippen molar-refractivity contribution in [2.45, 2.75) is 18.7 Å². The van der Waals surface area contributed by atoms with E-state index in [1.165, 1.54) is 17.6 Å². The number of hydrogen-bond acceptors (Lipinski definition) is 6. The lowest BCUT2D eigenvalue weighted by Crippen LogP contribution is -2.36. The molecule has 9 heteroatoms. The van der Waals surface area contributed by atoms with Crippen molar-refractivity contribution in [2.24, 2.45) is 0 Å². The summed E-state index contributed by atoms with van der Waals surface area (Å²) in [5.41, 5.74) is 3.18. The maximum atomic E-state index is 13.3. The molecule has 0 aliphatic rings. The van der Waals surface area contributed by atoms with Crippen molar-refractivity contribution < 1.29 is 13.2 Å². The van der Waals surface area contributed by atoms with E-state index in [1.54, 1.807) is 17.0 Å². The summed E-state index contributed by atoms with van der Waals surface area (Å²) in [6.07, 6.45) is 1.17. The van der Waals surface area contributed by atoms with E-state index in [2.05, 4.69) is 4.98 Å². The molecule has 1 aromatic heterocycles. The van der Waals surface area contributed by atoms with Gasteiger partial charge in [-0.05, 0) is 63.3 Å². The number of anilines is 1. The highest BCUT2D eigenvalue weighted by molar-refractivity contribution is 7.91. The molecule has 0 N–H and O–H groups in total. The molecule has 0 aliphatic heterocycles. The molecular weight excluding hydrogens is 442 g/mol. The fraction of sp³-hybridized carbons (Fsp3) is 0.333. The van der Waals surface area contributed by atoms with E-state index in [-0.39, 0.29) is 23.2 Å². The maximum absolute atomic E-state index is 13.3. The van der Waals surface area contributed by atoms with Crippen molar-refractivity contribution in [1.82, 2.24) is 9.88 Å². The number of likely N-dealkylation sites (N-methyl/N-ethyl adjacent to an activating group) is 1. The number of aryl methyl sites for hydroxylation is 2. The van der Waals surface area contributed by atoms with E-state index in [0.717, 1.165) is 15.8 Å². The van der Waals surface area contributed by atoms with Gasteiger partial charge in [0.1, 0.15) is 5.52 Å². The molecule has 0 saturated heterocycles. The molecule has 3 aromatic rings. The van der Waals surface area contributed by atoms with E-state index in [9.17, 15) is 13.2 Å². The minimum absolute atomic E-state index is 0. The van der Waals surface area contributed by atoms with Gasteiger partial charge in [0.2, 0.25) is 0 Å². The van der Waals surface area contributed by atoms with E-state index >= 15 is 0 Å². The number of para-hydroxylation sites is 1. The van der Waals surface area contributed by atoms with Crippen LogP contribution in [-0.2, 0) is 9.84 Å². The van der Waals surface area contributed by atoms with Crippen LogP contribution in [0.4, 0.5) is 5.13 Å². The summed E-state index contributed by atoms with van der Waals surface area (Å²) < 4.78 is 25.0. The summed E-state index contributed by atoms with van der Waals surface area (Å²) in [5, 5.41) is 0.501. The molecule has 0 atom stereocenters. The first kappa shape index (κ1) is 24.3. The Balaban J connectivity index is 0.00000320. The number of sulfone groups is 1. The summed E-state index contributed by atoms with van der Waals surface area (Å²) in [6, 6.07) is 10.7. The van der Waals surface area contributed by atoms with E-state index < -0.39 is 9.84 Å². The van der Waals surface area contributed by atoms with E-state index in [4.69, 9.17) is 0 Å². The first-order valence-corrected chi connectivity index (χ1v) is 11.9. The lowest BCUT2D eigenvalue weighted by Gasteiger charge is -2.22. The van der Waals surface area contributed by atoms with Gasteiger partial charge in [-0.2, -0.15) is 0 Å². The van der Waals surface area contributed by atoms with Crippen LogP contribution in [0, 0.1) is 13.8 Å². The Morgan fingerprint density at radius 2 is 1.77 bits per heavy atom. The largest absolute Gasteiger partial charge is 0.308 e. The number of thiazole rings is 1. The zero-order valence-corrected chi connectivity index (χ0v) is 20.1. The van der Waals surface area contributed by atoms with Crippen molar-refractivity contribution in [1.29, 1.82) is 0 Å². The van der Waals surface area contributed by atoms with Gasteiger partial charge in [-0.3, -0.25) is 9.69 Å². The number of nitrogens with zero attached hydrogens (tertiary/aromatic N) is 3. The Bertz CT molecular complexity index is 1170. The number of halogens is 1. The van der Waals surface area contributed by atoms with Crippen LogP contribution in [-0.4, -0.2) is 57.6 Å². The Kier molecular flexibility index (Phi) is 7.63. The second-order valence-electron chi connectivity index (χ2n) is 7.43. The second kappa shape index (κ2) is 9.43. The number of fused-ring (bicyclic) bond motifs is 1. The van der Waals surface area contributed by atoms with Crippen molar-refractivity contribution in [3.8, 4) is 0 Å². The monoisotopic (exact) mass is 467 g/mol. The average Bonchev–Trinajstić information content (AvgIpc) is 3.06. The van der Waals surface area contributed by atoms with Crippen LogP contribution in [0.3, 0.4) is 0 Å². The van der Waals surface area contributed by atoms with Crippen LogP contribution in [0.15, 0.2) is 41.3 Å². The Morgan fingerprint density at radius 1 is 1.07 bits per heavy atom. The fourth-order valence-electron chi connectivity index (χ4n) is 2.94. The third kappa shape index (κ3) is 5.18.